The van der Waals surface area contributed by atoms with Crippen molar-refractivity contribution < 1.29 is 17.9 Å². The number of para-hydroxylation sites is 1. The molecule has 1 fully saturated rings. The smallest absolute Gasteiger partial charge is 0.233 e. The van der Waals surface area contributed by atoms with Gasteiger partial charge in [-0.1, -0.05) is 30.0 Å². The predicted octanol–water partition coefficient (Wildman–Crippen LogP) is 1.02. The Hall–Kier alpha value is -1.91. The van der Waals surface area contributed by atoms with Crippen LogP contribution in [0.15, 0.2) is 41.8 Å². The van der Waals surface area contributed by atoms with Gasteiger partial charge < -0.3 is 9.64 Å². The molecule has 1 amide bonds. The lowest BCUT2D eigenvalue weighted by molar-refractivity contribution is -0.130. The third-order valence-corrected chi connectivity index (χ3v) is 7.06. The molecule has 0 N–H and O–H groups in total. The molecule has 2 heterocycles. The van der Waals surface area contributed by atoms with Crippen LogP contribution in [0.2, 0.25) is 0 Å². The molecule has 0 bridgehead atoms. The average Bonchev–Trinajstić information content (AvgIpc) is 3.27. The highest BCUT2D eigenvalue weighted by Crippen LogP contribution is 2.22. The van der Waals surface area contributed by atoms with Crippen molar-refractivity contribution >= 4 is 27.5 Å². The van der Waals surface area contributed by atoms with Gasteiger partial charge in [-0.25, -0.2) is 8.42 Å². The summed E-state index contributed by atoms with van der Waals surface area (Å²) in [5.74, 6) is 0.185. The Labute approximate surface area is 162 Å². The van der Waals surface area contributed by atoms with Crippen molar-refractivity contribution in [1.29, 1.82) is 0 Å². The van der Waals surface area contributed by atoms with Crippen LogP contribution in [0.5, 0.6) is 0 Å². The van der Waals surface area contributed by atoms with E-state index < -0.39 is 9.84 Å². The molecule has 0 saturated carbocycles. The van der Waals surface area contributed by atoms with Gasteiger partial charge in [0.05, 0.1) is 23.9 Å². The molecule has 1 aromatic heterocycles. The number of hydrogen-bond donors (Lipinski definition) is 0. The molecule has 10 heteroatoms. The summed E-state index contributed by atoms with van der Waals surface area (Å²) in [6.07, 6.45) is 2.08. The first-order valence-electron chi connectivity index (χ1n) is 8.57. The van der Waals surface area contributed by atoms with Gasteiger partial charge in [-0.2, -0.15) is 0 Å². The number of carbonyl (C=O) groups excluding carboxylic acids is 1. The molecular formula is C17H22N4O4S2. The second-order valence-corrected chi connectivity index (χ2v) is 9.42. The van der Waals surface area contributed by atoms with Crippen LogP contribution in [-0.2, 0) is 19.4 Å². The Morgan fingerprint density at radius 2 is 2.15 bits per heavy atom. The lowest BCUT2D eigenvalue weighted by atomic mass is 10.2. The highest BCUT2D eigenvalue weighted by atomic mass is 32.2. The van der Waals surface area contributed by atoms with Crippen molar-refractivity contribution in [3.8, 4) is 5.69 Å². The third-order valence-electron chi connectivity index (χ3n) is 4.38. The first kappa shape index (κ1) is 19.8. The quantitative estimate of drug-likeness (QED) is 0.600. The van der Waals surface area contributed by atoms with Crippen LogP contribution in [0.3, 0.4) is 0 Å². The summed E-state index contributed by atoms with van der Waals surface area (Å²) < 4.78 is 30.5. The fourth-order valence-electron chi connectivity index (χ4n) is 3.02. The van der Waals surface area contributed by atoms with Crippen molar-refractivity contribution in [2.75, 3.05) is 37.5 Å². The maximum atomic E-state index is 12.8. The predicted molar refractivity (Wildman–Crippen MR) is 103 cm³/mol. The fraction of sp³-hybridized carbons (Fsp3) is 0.471. The number of rotatable bonds is 8. The molecule has 1 saturated heterocycles. The first-order chi connectivity index (χ1) is 13.0. The van der Waals surface area contributed by atoms with E-state index in [2.05, 4.69) is 10.2 Å². The number of hydrogen-bond acceptors (Lipinski definition) is 7. The Morgan fingerprint density at radius 1 is 1.37 bits per heavy atom. The summed E-state index contributed by atoms with van der Waals surface area (Å²) in [7, 11) is -1.51. The molecule has 1 aliphatic heterocycles. The Kier molecular flexibility index (Phi) is 6.51. The van der Waals surface area contributed by atoms with E-state index >= 15 is 0 Å². The highest BCUT2D eigenvalue weighted by Gasteiger charge is 2.34. The normalized spacial score (nSPS) is 18.5. The molecular weight excluding hydrogens is 388 g/mol. The molecule has 27 heavy (non-hydrogen) atoms. The van der Waals surface area contributed by atoms with E-state index in [4.69, 9.17) is 4.74 Å². The number of sulfone groups is 1. The van der Waals surface area contributed by atoms with Crippen LogP contribution in [0.25, 0.3) is 5.69 Å². The summed E-state index contributed by atoms with van der Waals surface area (Å²) >= 11 is 1.29. The van der Waals surface area contributed by atoms with Crippen molar-refractivity contribution in [2.24, 2.45) is 0 Å². The SMILES string of the molecule is COCCN(C(=O)CSc1nncn1-c1ccccc1)[C@@H]1CCS(=O)(=O)C1. The van der Waals surface area contributed by atoms with E-state index in [1.807, 2.05) is 34.9 Å². The van der Waals surface area contributed by atoms with E-state index in [0.29, 0.717) is 24.7 Å². The van der Waals surface area contributed by atoms with Gasteiger partial charge in [0.15, 0.2) is 15.0 Å². The third kappa shape index (κ3) is 5.08. The van der Waals surface area contributed by atoms with Gasteiger partial charge in [-0.15, -0.1) is 10.2 Å². The number of thioether (sulfide) groups is 1. The Balaban J connectivity index is 1.67. The summed E-state index contributed by atoms with van der Waals surface area (Å²) in [5.41, 5.74) is 0.913. The molecule has 3 rings (SSSR count). The van der Waals surface area contributed by atoms with Gasteiger partial charge in [-0.05, 0) is 18.6 Å². The molecule has 0 spiro atoms. The van der Waals surface area contributed by atoms with E-state index in [0.717, 1.165) is 5.69 Å². The lowest BCUT2D eigenvalue weighted by Crippen LogP contribution is -2.44. The monoisotopic (exact) mass is 410 g/mol. The molecule has 8 nitrogen and oxygen atoms in total. The molecule has 0 aliphatic carbocycles. The summed E-state index contributed by atoms with van der Waals surface area (Å²) in [4.78, 5) is 14.4. The number of nitrogens with zero attached hydrogens (tertiary/aromatic N) is 4. The second kappa shape index (κ2) is 8.85. The highest BCUT2D eigenvalue weighted by molar-refractivity contribution is 7.99. The molecule has 1 atom stereocenters. The zero-order valence-corrected chi connectivity index (χ0v) is 16.7. The topological polar surface area (TPSA) is 94.4 Å². The molecule has 1 aliphatic rings. The molecule has 146 valence electrons. The number of ether oxygens (including phenoxy) is 1. The second-order valence-electron chi connectivity index (χ2n) is 6.24. The Bertz CT molecular complexity index is 870. The van der Waals surface area contributed by atoms with Crippen LogP contribution in [0.1, 0.15) is 6.42 Å². The van der Waals surface area contributed by atoms with Crippen LogP contribution < -0.4 is 0 Å². The van der Waals surface area contributed by atoms with E-state index in [1.165, 1.54) is 11.8 Å². The van der Waals surface area contributed by atoms with Crippen molar-refractivity contribution in [1.82, 2.24) is 19.7 Å². The van der Waals surface area contributed by atoms with Gasteiger partial charge in [0, 0.05) is 25.4 Å². The van der Waals surface area contributed by atoms with Gasteiger partial charge in [0.25, 0.3) is 0 Å². The minimum atomic E-state index is -3.07. The van der Waals surface area contributed by atoms with Gasteiger partial charge in [0.1, 0.15) is 6.33 Å². The van der Waals surface area contributed by atoms with E-state index in [1.54, 1.807) is 18.3 Å². The van der Waals surface area contributed by atoms with Crippen LogP contribution in [0, 0.1) is 0 Å². The van der Waals surface area contributed by atoms with Crippen molar-refractivity contribution in [3.63, 3.8) is 0 Å². The zero-order valence-electron chi connectivity index (χ0n) is 15.0. The fourth-order valence-corrected chi connectivity index (χ4v) is 5.57. The maximum absolute atomic E-state index is 12.8. The van der Waals surface area contributed by atoms with E-state index in [9.17, 15) is 13.2 Å². The number of carbonyl (C=O) groups is 1. The molecule has 0 radical (unpaired) electrons. The van der Waals surface area contributed by atoms with Crippen molar-refractivity contribution in [2.45, 2.75) is 17.6 Å². The van der Waals surface area contributed by atoms with E-state index in [-0.39, 0.29) is 29.2 Å². The van der Waals surface area contributed by atoms with Gasteiger partial charge in [0.2, 0.25) is 5.91 Å². The number of methoxy groups -OCH3 is 1. The van der Waals surface area contributed by atoms with Gasteiger partial charge >= 0.3 is 0 Å². The average molecular weight is 411 g/mol. The van der Waals surface area contributed by atoms with Crippen LogP contribution >= 0.6 is 11.8 Å². The van der Waals surface area contributed by atoms with Gasteiger partial charge in [-0.3, -0.25) is 9.36 Å². The molecule has 0 unspecified atom stereocenters. The number of aromatic nitrogens is 3. The first-order valence-corrected chi connectivity index (χ1v) is 11.4. The van der Waals surface area contributed by atoms with Crippen molar-refractivity contribution in [3.05, 3.63) is 36.7 Å². The standard InChI is InChI=1S/C17H22N4O4S2/c1-25-9-8-20(15-7-10-27(23,24)12-15)16(22)11-26-17-19-18-13-21(17)14-5-3-2-4-6-14/h2-6,13,15H,7-12H2,1H3/t15-/m1/s1. The summed E-state index contributed by atoms with van der Waals surface area (Å²) in [6, 6.07) is 9.34. The maximum Gasteiger partial charge on any atom is 0.233 e. The minimum Gasteiger partial charge on any atom is -0.383 e. The zero-order chi connectivity index (χ0) is 19.3. The molecule has 2 aromatic rings. The largest absolute Gasteiger partial charge is 0.383 e. The minimum absolute atomic E-state index is 0.0211. The summed E-state index contributed by atoms with van der Waals surface area (Å²) in [5, 5.41) is 8.64. The van der Waals surface area contributed by atoms with Crippen LogP contribution in [0.4, 0.5) is 0 Å². The Morgan fingerprint density at radius 3 is 2.81 bits per heavy atom. The summed E-state index contributed by atoms with van der Waals surface area (Å²) in [6.45, 7) is 0.745. The lowest BCUT2D eigenvalue weighted by Gasteiger charge is -2.28. The number of amides is 1. The molecule has 1 aromatic carbocycles. The number of benzene rings is 1. The van der Waals surface area contributed by atoms with Crippen LogP contribution in [-0.4, -0.2) is 77.6 Å².